The Hall–Kier alpha value is -0.410. The van der Waals surface area contributed by atoms with E-state index in [1.807, 2.05) is 13.8 Å². The maximum absolute atomic E-state index is 12.2. The van der Waals surface area contributed by atoms with E-state index in [-0.39, 0.29) is 12.0 Å². The van der Waals surface area contributed by atoms with Crippen LogP contribution in [0.5, 0.6) is 0 Å². The zero-order valence-electron chi connectivity index (χ0n) is 11.8. The molecule has 1 fully saturated rings. The fourth-order valence-corrected chi connectivity index (χ4v) is 2.48. The Morgan fingerprint density at radius 1 is 1.29 bits per heavy atom. The average Bonchev–Trinajstić information content (AvgIpc) is 2.28. The molecule has 0 amide bonds. The van der Waals surface area contributed by atoms with Crippen LogP contribution in [0.15, 0.2) is 0 Å². The summed E-state index contributed by atoms with van der Waals surface area (Å²) in [6.45, 7) is 9.30. The van der Waals surface area contributed by atoms with Gasteiger partial charge >= 0.3 is 0 Å². The molecule has 2 unspecified atom stereocenters. The number of hydrogen-bond acceptors (Lipinski definition) is 3. The number of rotatable bonds is 6. The first-order chi connectivity index (χ1) is 8.00. The van der Waals surface area contributed by atoms with Crippen molar-refractivity contribution < 1.29 is 4.79 Å². The van der Waals surface area contributed by atoms with Crippen molar-refractivity contribution in [3.05, 3.63) is 0 Å². The number of piperidine rings is 1. The van der Waals surface area contributed by atoms with Gasteiger partial charge in [-0.2, -0.15) is 0 Å². The summed E-state index contributed by atoms with van der Waals surface area (Å²) in [5.41, 5.74) is 0. The lowest BCUT2D eigenvalue weighted by molar-refractivity contribution is -0.124. The van der Waals surface area contributed by atoms with Gasteiger partial charge in [0, 0.05) is 18.0 Å². The molecule has 0 spiro atoms. The molecule has 1 heterocycles. The van der Waals surface area contributed by atoms with E-state index in [2.05, 4.69) is 24.5 Å². The van der Waals surface area contributed by atoms with Crippen molar-refractivity contribution in [1.29, 1.82) is 0 Å². The minimum absolute atomic E-state index is 0.0191. The van der Waals surface area contributed by atoms with Gasteiger partial charge in [0.05, 0.1) is 6.04 Å². The third-order valence-electron chi connectivity index (χ3n) is 3.38. The lowest BCUT2D eigenvalue weighted by Gasteiger charge is -2.29. The fourth-order valence-electron chi connectivity index (χ4n) is 2.48. The summed E-state index contributed by atoms with van der Waals surface area (Å²) in [6.07, 6.45) is 4.72. The lowest BCUT2D eigenvalue weighted by atomic mass is 9.92. The van der Waals surface area contributed by atoms with Gasteiger partial charge in [0.15, 0.2) is 5.78 Å². The van der Waals surface area contributed by atoms with Gasteiger partial charge in [0.2, 0.25) is 0 Å². The van der Waals surface area contributed by atoms with Crippen LogP contribution in [-0.4, -0.2) is 30.5 Å². The van der Waals surface area contributed by atoms with Crippen LogP contribution in [-0.2, 0) is 4.79 Å². The Morgan fingerprint density at radius 3 is 2.47 bits per heavy atom. The first kappa shape index (κ1) is 14.7. The number of Topliss-reactive ketones (excluding diaryl/α,β-unsaturated/α-hetero) is 1. The molecule has 2 atom stereocenters. The Kier molecular flexibility index (Phi) is 6.14. The zero-order chi connectivity index (χ0) is 12.8. The molecule has 1 saturated heterocycles. The summed E-state index contributed by atoms with van der Waals surface area (Å²) in [5, 5.41) is 6.94. The molecular weight excluding hydrogens is 212 g/mol. The smallest absolute Gasteiger partial charge is 0.152 e. The molecule has 0 aliphatic carbocycles. The van der Waals surface area contributed by atoms with E-state index >= 15 is 0 Å². The van der Waals surface area contributed by atoms with Crippen LogP contribution in [0, 0.1) is 5.92 Å². The molecule has 0 aromatic carbocycles. The van der Waals surface area contributed by atoms with Crippen molar-refractivity contribution in [3.63, 3.8) is 0 Å². The van der Waals surface area contributed by atoms with Crippen molar-refractivity contribution in [2.45, 2.75) is 71.5 Å². The third kappa shape index (κ3) is 5.17. The highest BCUT2D eigenvalue weighted by Crippen LogP contribution is 2.14. The fraction of sp³-hybridized carbons (Fsp3) is 0.929. The number of hydrogen-bond donors (Lipinski definition) is 2. The van der Waals surface area contributed by atoms with Crippen molar-refractivity contribution in [2.75, 3.05) is 6.54 Å². The second-order valence-corrected chi connectivity index (χ2v) is 5.81. The highest BCUT2D eigenvalue weighted by molar-refractivity contribution is 5.85. The van der Waals surface area contributed by atoms with Crippen molar-refractivity contribution in [1.82, 2.24) is 10.6 Å². The van der Waals surface area contributed by atoms with Crippen molar-refractivity contribution in [2.24, 2.45) is 5.92 Å². The zero-order valence-corrected chi connectivity index (χ0v) is 11.8. The number of carbonyl (C=O) groups excluding carboxylic acids is 1. The summed E-state index contributed by atoms with van der Waals surface area (Å²) in [5.74, 6) is 0.473. The van der Waals surface area contributed by atoms with Gasteiger partial charge in [-0.1, -0.05) is 34.1 Å². The molecule has 3 nitrogen and oxygen atoms in total. The monoisotopic (exact) mass is 240 g/mol. The van der Waals surface area contributed by atoms with E-state index in [4.69, 9.17) is 0 Å². The Bertz CT molecular complexity index is 232. The molecule has 3 heteroatoms. The van der Waals surface area contributed by atoms with Gasteiger partial charge in [-0.25, -0.2) is 0 Å². The highest BCUT2D eigenvalue weighted by Gasteiger charge is 2.25. The van der Waals surface area contributed by atoms with Crippen LogP contribution >= 0.6 is 0 Å². The molecule has 2 N–H and O–H groups in total. The maximum atomic E-state index is 12.2. The predicted octanol–water partition coefficient (Wildman–Crippen LogP) is 2.11. The number of nitrogens with one attached hydrogen (secondary N) is 2. The molecule has 0 aromatic heterocycles. The second kappa shape index (κ2) is 7.12. The molecule has 0 radical (unpaired) electrons. The molecule has 0 aromatic rings. The molecule has 1 aliphatic heterocycles. The minimum Gasteiger partial charge on any atom is -0.314 e. The average molecular weight is 240 g/mol. The van der Waals surface area contributed by atoms with Crippen LogP contribution in [0.1, 0.15) is 53.4 Å². The van der Waals surface area contributed by atoms with E-state index < -0.39 is 0 Å². The van der Waals surface area contributed by atoms with E-state index in [0.717, 1.165) is 13.0 Å². The predicted molar refractivity (Wildman–Crippen MR) is 72.2 cm³/mol. The van der Waals surface area contributed by atoms with E-state index in [0.29, 0.717) is 17.9 Å². The van der Waals surface area contributed by atoms with Crippen molar-refractivity contribution in [3.8, 4) is 0 Å². The van der Waals surface area contributed by atoms with E-state index in [9.17, 15) is 4.79 Å². The largest absolute Gasteiger partial charge is 0.314 e. The summed E-state index contributed by atoms with van der Waals surface area (Å²) < 4.78 is 0. The van der Waals surface area contributed by atoms with Gasteiger partial charge in [-0.3, -0.25) is 4.79 Å². The molecule has 1 rings (SSSR count). The van der Waals surface area contributed by atoms with Gasteiger partial charge in [-0.05, 0) is 25.8 Å². The normalized spacial score (nSPS) is 23.1. The number of ketones is 1. The molecule has 0 bridgehead atoms. The lowest BCUT2D eigenvalue weighted by Crippen LogP contribution is -2.48. The SMILES string of the molecule is CC(C)NC(CC1CCCCN1)C(=O)C(C)C. The van der Waals surface area contributed by atoms with E-state index in [1.165, 1.54) is 19.3 Å². The molecule has 1 aliphatic rings. The van der Waals surface area contributed by atoms with Crippen LogP contribution < -0.4 is 10.6 Å². The van der Waals surface area contributed by atoms with Gasteiger partial charge in [0.25, 0.3) is 0 Å². The van der Waals surface area contributed by atoms with Gasteiger partial charge in [-0.15, -0.1) is 0 Å². The summed E-state index contributed by atoms with van der Waals surface area (Å²) in [6, 6.07) is 0.902. The van der Waals surface area contributed by atoms with Crippen LogP contribution in [0.25, 0.3) is 0 Å². The van der Waals surface area contributed by atoms with Crippen LogP contribution in [0.2, 0.25) is 0 Å². The summed E-state index contributed by atoms with van der Waals surface area (Å²) >= 11 is 0. The highest BCUT2D eigenvalue weighted by atomic mass is 16.1. The Morgan fingerprint density at radius 2 is 2.00 bits per heavy atom. The summed E-state index contributed by atoms with van der Waals surface area (Å²) in [4.78, 5) is 12.2. The summed E-state index contributed by atoms with van der Waals surface area (Å²) in [7, 11) is 0. The molecular formula is C14H28N2O. The Labute approximate surface area is 106 Å². The number of carbonyl (C=O) groups is 1. The van der Waals surface area contributed by atoms with Crippen LogP contribution in [0.3, 0.4) is 0 Å². The molecule has 17 heavy (non-hydrogen) atoms. The molecule has 0 saturated carbocycles. The first-order valence-corrected chi connectivity index (χ1v) is 7.04. The maximum Gasteiger partial charge on any atom is 0.152 e. The van der Waals surface area contributed by atoms with Gasteiger partial charge in [0.1, 0.15) is 0 Å². The third-order valence-corrected chi connectivity index (χ3v) is 3.38. The quantitative estimate of drug-likeness (QED) is 0.747. The second-order valence-electron chi connectivity index (χ2n) is 5.81. The standard InChI is InChI=1S/C14H28N2O/c1-10(2)14(17)13(16-11(3)4)9-12-7-5-6-8-15-12/h10-13,15-16H,5-9H2,1-4H3. The topological polar surface area (TPSA) is 41.1 Å². The Balaban J connectivity index is 2.52. The van der Waals surface area contributed by atoms with Crippen LogP contribution in [0.4, 0.5) is 0 Å². The first-order valence-electron chi connectivity index (χ1n) is 7.04. The molecule has 100 valence electrons. The minimum atomic E-state index is 0.0191. The van der Waals surface area contributed by atoms with E-state index in [1.54, 1.807) is 0 Å². The van der Waals surface area contributed by atoms with Crippen molar-refractivity contribution >= 4 is 5.78 Å². The van der Waals surface area contributed by atoms with Gasteiger partial charge < -0.3 is 10.6 Å².